The van der Waals surface area contributed by atoms with Gasteiger partial charge in [0.15, 0.2) is 0 Å². The van der Waals surface area contributed by atoms with Crippen molar-refractivity contribution in [1.82, 2.24) is 9.55 Å². The second kappa shape index (κ2) is 4.52. The fraction of sp³-hybridized carbons (Fsp3) is 0.625. The molecule has 1 rings (SSSR count). The van der Waals surface area contributed by atoms with Crippen LogP contribution in [0.4, 0.5) is 0 Å². The zero-order valence-electron chi connectivity index (χ0n) is 7.53. The maximum absolute atomic E-state index is 5.92. The maximum Gasteiger partial charge on any atom is 0.126 e. The van der Waals surface area contributed by atoms with Gasteiger partial charge in [-0.05, 0) is 5.75 Å². The molecule has 0 aliphatic rings. The Hall–Kier alpha value is -0.480. The van der Waals surface area contributed by atoms with Gasteiger partial charge in [-0.3, -0.25) is 0 Å². The summed E-state index contributed by atoms with van der Waals surface area (Å²) in [7, 11) is 1.97. The van der Waals surface area contributed by atoms with E-state index in [0.29, 0.717) is 0 Å². The highest BCUT2D eigenvalue weighted by Crippen LogP contribution is 2.12. The van der Waals surface area contributed by atoms with Crippen molar-refractivity contribution in [2.45, 2.75) is 13.0 Å². The Balaban J connectivity index is 2.52. The zero-order chi connectivity index (χ0) is 8.97. The number of hydrogen-bond donors (Lipinski definition) is 1. The Bertz CT molecular complexity index is 234. The van der Waals surface area contributed by atoms with Crippen LogP contribution in [0.5, 0.6) is 0 Å². The summed E-state index contributed by atoms with van der Waals surface area (Å²) >= 11 is 1.84. The molecular formula is C8H15N3S. The lowest BCUT2D eigenvalue weighted by molar-refractivity contribution is 0.694. The van der Waals surface area contributed by atoms with Gasteiger partial charge in [0, 0.05) is 25.2 Å². The van der Waals surface area contributed by atoms with Gasteiger partial charge in [0.1, 0.15) is 5.82 Å². The minimum absolute atomic E-state index is 0.0648. The summed E-state index contributed by atoms with van der Waals surface area (Å²) in [5, 5.41) is 0. The smallest absolute Gasteiger partial charge is 0.126 e. The van der Waals surface area contributed by atoms with Crippen molar-refractivity contribution in [1.29, 1.82) is 0 Å². The van der Waals surface area contributed by atoms with E-state index >= 15 is 0 Å². The third-order valence-electron chi connectivity index (χ3n) is 1.69. The second-order valence-electron chi connectivity index (χ2n) is 2.66. The number of aryl methyl sites for hydroxylation is 1. The van der Waals surface area contributed by atoms with Gasteiger partial charge >= 0.3 is 0 Å². The molecule has 0 saturated heterocycles. The lowest BCUT2D eigenvalue weighted by Gasteiger charge is -2.09. The van der Waals surface area contributed by atoms with Crippen LogP contribution in [0.25, 0.3) is 0 Å². The van der Waals surface area contributed by atoms with Crippen LogP contribution in [0.15, 0.2) is 12.4 Å². The van der Waals surface area contributed by atoms with Crippen molar-refractivity contribution in [3.8, 4) is 0 Å². The van der Waals surface area contributed by atoms with Crippen molar-refractivity contribution in [2.24, 2.45) is 12.8 Å². The molecule has 12 heavy (non-hydrogen) atoms. The molecule has 2 N–H and O–H groups in total. The molecule has 0 bridgehead atoms. The fourth-order valence-corrected chi connectivity index (χ4v) is 1.69. The standard InChI is InChI=1S/C8H15N3S/c1-3-12-6-7(9)8-10-4-5-11(8)2/h4-5,7H,3,6,9H2,1-2H3. The van der Waals surface area contributed by atoms with Crippen LogP contribution in [0.1, 0.15) is 18.8 Å². The Kier molecular flexibility index (Phi) is 3.62. The molecule has 1 heterocycles. The second-order valence-corrected chi connectivity index (χ2v) is 3.98. The number of nitrogens with two attached hydrogens (primary N) is 1. The largest absolute Gasteiger partial charge is 0.337 e. The van der Waals surface area contributed by atoms with Crippen molar-refractivity contribution in [3.63, 3.8) is 0 Å². The van der Waals surface area contributed by atoms with Crippen molar-refractivity contribution < 1.29 is 0 Å². The highest BCUT2D eigenvalue weighted by atomic mass is 32.2. The maximum atomic E-state index is 5.92. The van der Waals surface area contributed by atoms with Gasteiger partial charge in [0.25, 0.3) is 0 Å². The highest BCUT2D eigenvalue weighted by Gasteiger charge is 2.09. The van der Waals surface area contributed by atoms with Gasteiger partial charge in [-0.2, -0.15) is 11.8 Å². The van der Waals surface area contributed by atoms with Gasteiger partial charge in [0.2, 0.25) is 0 Å². The fourth-order valence-electron chi connectivity index (χ4n) is 1.05. The topological polar surface area (TPSA) is 43.8 Å². The van der Waals surface area contributed by atoms with Crippen LogP contribution in [-0.4, -0.2) is 21.1 Å². The summed E-state index contributed by atoms with van der Waals surface area (Å²) < 4.78 is 1.97. The van der Waals surface area contributed by atoms with Gasteiger partial charge < -0.3 is 10.3 Å². The lowest BCUT2D eigenvalue weighted by atomic mass is 10.3. The molecule has 68 valence electrons. The van der Waals surface area contributed by atoms with Crippen LogP contribution in [-0.2, 0) is 7.05 Å². The van der Waals surface area contributed by atoms with Gasteiger partial charge in [-0.15, -0.1) is 0 Å². The molecule has 1 unspecified atom stereocenters. The third-order valence-corrected chi connectivity index (χ3v) is 2.69. The molecular weight excluding hydrogens is 170 g/mol. The molecule has 3 nitrogen and oxygen atoms in total. The van der Waals surface area contributed by atoms with Crippen molar-refractivity contribution >= 4 is 11.8 Å². The number of imidazole rings is 1. The first-order valence-corrected chi connectivity index (χ1v) is 5.21. The average molecular weight is 185 g/mol. The minimum atomic E-state index is 0.0648. The number of hydrogen-bond acceptors (Lipinski definition) is 3. The predicted octanol–water partition coefficient (Wildman–Crippen LogP) is 1.17. The van der Waals surface area contributed by atoms with Crippen LogP contribution in [0, 0.1) is 0 Å². The molecule has 4 heteroatoms. The highest BCUT2D eigenvalue weighted by molar-refractivity contribution is 7.99. The summed E-state index contributed by atoms with van der Waals surface area (Å²) in [5.41, 5.74) is 5.92. The molecule has 1 aromatic heterocycles. The summed E-state index contributed by atoms with van der Waals surface area (Å²) in [5.74, 6) is 3.02. The van der Waals surface area contributed by atoms with Crippen LogP contribution >= 0.6 is 11.8 Å². The first kappa shape index (κ1) is 9.61. The summed E-state index contributed by atoms with van der Waals surface area (Å²) in [6, 6.07) is 0.0648. The van der Waals surface area contributed by atoms with Crippen LogP contribution < -0.4 is 5.73 Å². The van der Waals surface area contributed by atoms with E-state index in [2.05, 4.69) is 11.9 Å². The van der Waals surface area contributed by atoms with Gasteiger partial charge in [0.05, 0.1) is 6.04 Å². The first-order valence-electron chi connectivity index (χ1n) is 4.06. The molecule has 0 amide bonds. The number of rotatable bonds is 4. The SMILES string of the molecule is CCSCC(N)c1nccn1C. The molecule has 0 radical (unpaired) electrons. The molecule has 0 saturated carbocycles. The molecule has 1 aromatic rings. The Morgan fingerprint density at radius 3 is 3.00 bits per heavy atom. The molecule has 0 aliphatic carbocycles. The quantitative estimate of drug-likeness (QED) is 0.766. The van der Waals surface area contributed by atoms with Crippen LogP contribution in [0.2, 0.25) is 0 Å². The third kappa shape index (κ3) is 2.25. The van der Waals surface area contributed by atoms with E-state index in [1.165, 1.54) is 0 Å². The molecule has 0 aromatic carbocycles. The average Bonchev–Trinajstić information content (AvgIpc) is 2.47. The Morgan fingerprint density at radius 2 is 2.50 bits per heavy atom. The monoisotopic (exact) mass is 185 g/mol. The molecule has 0 aliphatic heterocycles. The summed E-state index contributed by atoms with van der Waals surface area (Å²) in [4.78, 5) is 4.19. The van der Waals surface area contributed by atoms with E-state index in [0.717, 1.165) is 17.3 Å². The number of aromatic nitrogens is 2. The van der Waals surface area contributed by atoms with E-state index in [1.807, 2.05) is 29.6 Å². The first-order chi connectivity index (χ1) is 5.75. The predicted molar refractivity (Wildman–Crippen MR) is 53.1 cm³/mol. The van der Waals surface area contributed by atoms with Crippen molar-refractivity contribution in [2.75, 3.05) is 11.5 Å². The number of thioether (sulfide) groups is 1. The van der Waals surface area contributed by atoms with E-state index in [4.69, 9.17) is 5.73 Å². The van der Waals surface area contributed by atoms with Gasteiger partial charge in [-0.1, -0.05) is 6.92 Å². The molecule has 0 fully saturated rings. The van der Waals surface area contributed by atoms with Crippen LogP contribution in [0.3, 0.4) is 0 Å². The molecule has 0 spiro atoms. The van der Waals surface area contributed by atoms with Crippen molar-refractivity contribution in [3.05, 3.63) is 18.2 Å². The Morgan fingerprint density at radius 1 is 1.75 bits per heavy atom. The van der Waals surface area contributed by atoms with Gasteiger partial charge in [-0.25, -0.2) is 4.98 Å². The zero-order valence-corrected chi connectivity index (χ0v) is 8.34. The van der Waals surface area contributed by atoms with E-state index < -0.39 is 0 Å². The molecule has 1 atom stereocenters. The minimum Gasteiger partial charge on any atom is -0.337 e. The number of nitrogens with zero attached hydrogens (tertiary/aromatic N) is 2. The Labute approximate surface area is 77.4 Å². The normalized spacial score (nSPS) is 13.2. The summed E-state index contributed by atoms with van der Waals surface area (Å²) in [6.45, 7) is 2.13. The van der Waals surface area contributed by atoms with E-state index in [1.54, 1.807) is 6.20 Å². The van der Waals surface area contributed by atoms with E-state index in [9.17, 15) is 0 Å². The summed E-state index contributed by atoms with van der Waals surface area (Å²) in [6.07, 6.45) is 3.71. The van der Waals surface area contributed by atoms with E-state index in [-0.39, 0.29) is 6.04 Å². The lowest BCUT2D eigenvalue weighted by Crippen LogP contribution is -2.17.